The Hall–Kier alpha value is -4.59. The minimum atomic E-state index is -0.970. The van der Waals surface area contributed by atoms with E-state index in [2.05, 4.69) is 10.3 Å². The van der Waals surface area contributed by atoms with Crippen LogP contribution in [0.25, 0.3) is 0 Å². The van der Waals surface area contributed by atoms with Crippen LogP contribution in [0.3, 0.4) is 0 Å². The smallest absolute Gasteiger partial charge is 0.342 e. The predicted octanol–water partition coefficient (Wildman–Crippen LogP) is 2.27. The van der Waals surface area contributed by atoms with Gasteiger partial charge in [0.1, 0.15) is 12.7 Å². The number of ether oxygens (including phenoxy) is 2. The number of rotatable bonds is 7. The fourth-order valence-electron chi connectivity index (χ4n) is 3.94. The monoisotopic (exact) mass is 517 g/mol. The Bertz CT molecular complexity index is 1240. The quantitative estimate of drug-likeness (QED) is 0.311. The van der Waals surface area contributed by atoms with Crippen molar-refractivity contribution < 1.29 is 34.0 Å². The van der Waals surface area contributed by atoms with Gasteiger partial charge < -0.3 is 30.0 Å². The zero-order valence-electron chi connectivity index (χ0n) is 20.9. The first-order valence-corrected chi connectivity index (χ1v) is 10.9. The summed E-state index contributed by atoms with van der Waals surface area (Å²) >= 11 is 0. The Labute approximate surface area is 211 Å². The van der Waals surface area contributed by atoms with Crippen LogP contribution in [0.2, 0.25) is 0 Å². The van der Waals surface area contributed by atoms with Crippen LogP contribution < -0.4 is 5.32 Å². The van der Waals surface area contributed by atoms with Gasteiger partial charge in [0.25, 0.3) is 5.69 Å². The average Bonchev–Trinajstić information content (AvgIpc) is 3.23. The third-order valence-corrected chi connectivity index (χ3v) is 5.56. The first kappa shape index (κ1) is 28.6. The van der Waals surface area contributed by atoms with E-state index in [9.17, 15) is 29.8 Å². The van der Waals surface area contributed by atoms with E-state index in [0.717, 1.165) is 0 Å². The number of nitro groups is 2. The number of hydrogen-bond donors (Lipinski definition) is 2. The molecule has 0 amide bonds. The summed E-state index contributed by atoms with van der Waals surface area (Å²) in [6, 6.07) is 5.97. The van der Waals surface area contributed by atoms with Crippen LogP contribution in [0.5, 0.6) is 0 Å². The zero-order chi connectivity index (χ0) is 27.9. The summed E-state index contributed by atoms with van der Waals surface area (Å²) in [6.45, 7) is 5.03. The first-order valence-electron chi connectivity index (χ1n) is 10.9. The van der Waals surface area contributed by atoms with Crippen molar-refractivity contribution in [2.24, 2.45) is 0 Å². The van der Waals surface area contributed by atoms with Gasteiger partial charge in [0.15, 0.2) is 5.82 Å². The molecule has 0 bridgehead atoms. The van der Waals surface area contributed by atoms with E-state index in [1.54, 1.807) is 26.8 Å². The number of imidazole rings is 1. The number of nitro benzene ring substituents is 1. The van der Waals surface area contributed by atoms with Crippen molar-refractivity contribution in [2.75, 3.05) is 20.8 Å². The number of carbonyl (C=O) groups excluding carboxylic acids is 2. The van der Waals surface area contributed by atoms with Gasteiger partial charge in [-0.2, -0.15) is 0 Å². The fourth-order valence-corrected chi connectivity index (χ4v) is 3.94. The predicted molar refractivity (Wildman–Crippen MR) is 129 cm³/mol. The third-order valence-electron chi connectivity index (χ3n) is 5.56. The number of aliphatic hydroxyl groups is 1. The van der Waals surface area contributed by atoms with Gasteiger partial charge in [-0.1, -0.05) is 18.2 Å². The zero-order valence-corrected chi connectivity index (χ0v) is 20.9. The average molecular weight is 517 g/mol. The number of hydrogen-bond acceptors (Lipinski definition) is 11. The van der Waals surface area contributed by atoms with Crippen LogP contribution in [0, 0.1) is 27.2 Å². The Morgan fingerprint density at radius 3 is 2.03 bits per heavy atom. The second-order valence-corrected chi connectivity index (χ2v) is 7.73. The molecule has 0 unspecified atom stereocenters. The van der Waals surface area contributed by atoms with Crippen molar-refractivity contribution >= 4 is 23.4 Å². The number of carbonyl (C=O) groups is 2. The van der Waals surface area contributed by atoms with Gasteiger partial charge in [-0.3, -0.25) is 10.1 Å². The molecule has 0 spiro atoms. The Morgan fingerprint density at radius 1 is 1.03 bits per heavy atom. The van der Waals surface area contributed by atoms with Gasteiger partial charge in [0.05, 0.1) is 42.8 Å². The van der Waals surface area contributed by atoms with Crippen molar-refractivity contribution in [3.05, 3.63) is 84.6 Å². The topological polar surface area (TPSA) is 189 Å². The third kappa shape index (κ3) is 6.16. The van der Waals surface area contributed by atoms with Crippen LogP contribution in [-0.2, 0) is 25.6 Å². The number of esters is 2. The molecule has 0 atom stereocenters. The number of nitrogens with zero attached hydrogens (tertiary/aromatic N) is 4. The Balaban J connectivity index is 0.000000335. The molecule has 2 aromatic rings. The highest BCUT2D eigenvalue weighted by Crippen LogP contribution is 2.42. The lowest BCUT2D eigenvalue weighted by atomic mass is 9.79. The van der Waals surface area contributed by atoms with Crippen molar-refractivity contribution in [3.63, 3.8) is 0 Å². The van der Waals surface area contributed by atoms with Gasteiger partial charge >= 0.3 is 17.8 Å². The number of para-hydroxylation sites is 1. The summed E-state index contributed by atoms with van der Waals surface area (Å²) in [5.41, 5.74) is 1.19. The number of dihydropyridines is 1. The summed E-state index contributed by atoms with van der Waals surface area (Å²) < 4.78 is 11.0. The van der Waals surface area contributed by atoms with Crippen LogP contribution in [0.15, 0.2) is 53.0 Å². The minimum Gasteiger partial charge on any atom is -0.466 e. The number of nitrogens with one attached hydrogen (secondary N) is 1. The highest BCUT2D eigenvalue weighted by atomic mass is 16.6. The molecule has 14 heteroatoms. The summed E-state index contributed by atoms with van der Waals surface area (Å²) in [4.78, 5) is 49.2. The van der Waals surface area contributed by atoms with Crippen LogP contribution in [-0.4, -0.2) is 57.3 Å². The molecule has 0 aliphatic carbocycles. The molecule has 0 saturated heterocycles. The van der Waals surface area contributed by atoms with Crippen molar-refractivity contribution in [1.29, 1.82) is 0 Å². The van der Waals surface area contributed by atoms with Gasteiger partial charge in [-0.15, -0.1) is 0 Å². The number of allylic oxidation sites excluding steroid dienone is 2. The number of aromatic nitrogens is 2. The molecule has 0 radical (unpaired) electrons. The molecule has 2 heterocycles. The summed E-state index contributed by atoms with van der Waals surface area (Å²) in [7, 11) is 2.42. The molecule has 37 heavy (non-hydrogen) atoms. The molecule has 198 valence electrons. The van der Waals surface area contributed by atoms with Gasteiger partial charge in [0.2, 0.25) is 0 Å². The SMILES string of the molecule is COC(=O)C1=C(C)NC(C)=C(C(=O)OC)C1c1ccccc1[N+](=O)[O-].Cc1ncc([N+](=O)[O-])n1CCO. The lowest BCUT2D eigenvalue weighted by Crippen LogP contribution is -2.32. The molecule has 1 aliphatic rings. The number of aliphatic hydroxyl groups excluding tert-OH is 1. The van der Waals surface area contributed by atoms with E-state index in [1.165, 1.54) is 43.2 Å². The molecule has 1 aromatic heterocycles. The highest BCUT2D eigenvalue weighted by Gasteiger charge is 2.40. The van der Waals surface area contributed by atoms with E-state index >= 15 is 0 Å². The summed E-state index contributed by atoms with van der Waals surface area (Å²) in [5, 5.41) is 33.4. The lowest BCUT2D eigenvalue weighted by Gasteiger charge is -2.29. The Morgan fingerprint density at radius 2 is 1.57 bits per heavy atom. The largest absolute Gasteiger partial charge is 0.466 e. The molecular weight excluding hydrogens is 490 g/mol. The lowest BCUT2D eigenvalue weighted by molar-refractivity contribution is -0.392. The minimum absolute atomic E-state index is 0.0819. The van der Waals surface area contributed by atoms with E-state index in [1.807, 2.05) is 0 Å². The van der Waals surface area contributed by atoms with Crippen molar-refractivity contribution in [1.82, 2.24) is 14.9 Å². The van der Waals surface area contributed by atoms with Crippen LogP contribution in [0.4, 0.5) is 11.5 Å². The second kappa shape index (κ2) is 12.4. The van der Waals surface area contributed by atoms with E-state index in [4.69, 9.17) is 14.6 Å². The molecule has 0 fully saturated rings. The van der Waals surface area contributed by atoms with E-state index < -0.39 is 27.7 Å². The molecular formula is C23H27N5O9. The molecule has 14 nitrogen and oxygen atoms in total. The molecule has 0 saturated carbocycles. The van der Waals surface area contributed by atoms with E-state index in [0.29, 0.717) is 17.2 Å². The van der Waals surface area contributed by atoms with Crippen molar-refractivity contribution in [3.8, 4) is 0 Å². The molecule has 2 N–H and O–H groups in total. The molecule has 1 aliphatic heterocycles. The maximum absolute atomic E-state index is 12.3. The maximum atomic E-state index is 12.3. The summed E-state index contributed by atoms with van der Waals surface area (Å²) in [5.74, 6) is -1.87. The number of methoxy groups -OCH3 is 2. The second-order valence-electron chi connectivity index (χ2n) is 7.73. The summed E-state index contributed by atoms with van der Waals surface area (Å²) in [6.07, 6.45) is 1.19. The van der Waals surface area contributed by atoms with Gasteiger partial charge in [-0.05, 0) is 18.8 Å². The highest BCUT2D eigenvalue weighted by molar-refractivity contribution is 6.00. The van der Waals surface area contributed by atoms with Crippen molar-refractivity contribution in [2.45, 2.75) is 33.2 Å². The van der Waals surface area contributed by atoms with Crippen LogP contribution in [0.1, 0.15) is 31.2 Å². The van der Waals surface area contributed by atoms with Crippen LogP contribution >= 0.6 is 0 Å². The van der Waals surface area contributed by atoms with E-state index in [-0.39, 0.29) is 41.4 Å². The molecule has 1 aromatic carbocycles. The first-order chi connectivity index (χ1) is 17.5. The standard InChI is InChI=1S/C17H18N2O6.C6H9N3O3/c1-9-13(16(20)24-3)15(14(10(2)18-9)17(21)25-4)11-7-5-6-8-12(11)19(22)23;1-5-7-4-6(9(11)12)8(5)2-3-10/h5-8,15,18H,1-4H3;4,10H,2-3H2,1H3. The normalized spacial score (nSPS) is 13.4. The maximum Gasteiger partial charge on any atom is 0.342 e. The number of benzene rings is 1. The number of aryl methyl sites for hydroxylation is 1. The Kier molecular flexibility index (Phi) is 9.60. The fraction of sp³-hybridized carbons (Fsp3) is 0.348. The van der Waals surface area contributed by atoms with Gasteiger partial charge in [0, 0.05) is 29.9 Å². The van der Waals surface area contributed by atoms with Gasteiger partial charge in [-0.25, -0.2) is 19.1 Å². The molecule has 3 rings (SSSR count).